The van der Waals surface area contributed by atoms with Gasteiger partial charge in [-0.2, -0.15) is 5.10 Å². The fraction of sp³-hybridized carbons (Fsp3) is 0.308. The highest BCUT2D eigenvalue weighted by molar-refractivity contribution is 6.31. The van der Waals surface area contributed by atoms with Crippen LogP contribution in [0.5, 0.6) is 0 Å². The fourth-order valence-electron chi connectivity index (χ4n) is 2.14. The second-order valence-corrected chi connectivity index (χ2v) is 4.86. The molecule has 1 unspecified atom stereocenters. The average molecular weight is 283 g/mol. The summed E-state index contributed by atoms with van der Waals surface area (Å²) in [7, 11) is 1.83. The summed E-state index contributed by atoms with van der Waals surface area (Å²) in [6, 6.07) is 6.31. The summed E-state index contributed by atoms with van der Waals surface area (Å²) in [6.07, 6.45) is 0.362. The number of aromatic nitrogens is 2. The SMILES string of the molecule is Cc1cc(C(Cc2c(F)cccc2Cl)NN)n(C)n1. The molecule has 1 atom stereocenters. The van der Waals surface area contributed by atoms with E-state index in [2.05, 4.69) is 10.5 Å². The fourth-order valence-corrected chi connectivity index (χ4v) is 2.38. The molecule has 19 heavy (non-hydrogen) atoms. The molecule has 4 nitrogen and oxygen atoms in total. The first-order valence-corrected chi connectivity index (χ1v) is 6.30. The zero-order chi connectivity index (χ0) is 14.0. The first-order valence-electron chi connectivity index (χ1n) is 5.92. The van der Waals surface area contributed by atoms with Crippen LogP contribution in [0.2, 0.25) is 5.02 Å². The van der Waals surface area contributed by atoms with E-state index in [1.807, 2.05) is 20.0 Å². The molecule has 0 amide bonds. The Kier molecular flexibility index (Phi) is 4.19. The van der Waals surface area contributed by atoms with Crippen LogP contribution in [0.4, 0.5) is 4.39 Å². The van der Waals surface area contributed by atoms with Gasteiger partial charge >= 0.3 is 0 Å². The number of hydrogen-bond acceptors (Lipinski definition) is 3. The van der Waals surface area contributed by atoms with Gasteiger partial charge in [-0.15, -0.1) is 0 Å². The largest absolute Gasteiger partial charge is 0.271 e. The summed E-state index contributed by atoms with van der Waals surface area (Å²) in [5, 5.41) is 4.66. The second-order valence-electron chi connectivity index (χ2n) is 4.46. The molecule has 0 bridgehead atoms. The monoisotopic (exact) mass is 282 g/mol. The minimum Gasteiger partial charge on any atom is -0.271 e. The number of rotatable bonds is 4. The third kappa shape index (κ3) is 2.94. The van der Waals surface area contributed by atoms with Gasteiger partial charge < -0.3 is 0 Å². The number of nitrogens with one attached hydrogen (secondary N) is 1. The molecule has 102 valence electrons. The molecule has 0 aliphatic carbocycles. The number of hydrogen-bond donors (Lipinski definition) is 2. The number of benzene rings is 1. The Morgan fingerprint density at radius 2 is 2.26 bits per heavy atom. The van der Waals surface area contributed by atoms with Crippen molar-refractivity contribution in [1.82, 2.24) is 15.2 Å². The van der Waals surface area contributed by atoms with E-state index in [0.29, 0.717) is 17.0 Å². The van der Waals surface area contributed by atoms with E-state index < -0.39 is 0 Å². The Hall–Kier alpha value is -1.43. The number of halogens is 2. The van der Waals surface area contributed by atoms with Gasteiger partial charge in [0.2, 0.25) is 0 Å². The third-order valence-corrected chi connectivity index (χ3v) is 3.42. The van der Waals surface area contributed by atoms with Crippen molar-refractivity contribution in [3.8, 4) is 0 Å². The smallest absolute Gasteiger partial charge is 0.127 e. The summed E-state index contributed by atoms with van der Waals surface area (Å²) in [5.41, 5.74) is 4.91. The van der Waals surface area contributed by atoms with Gasteiger partial charge in [-0.05, 0) is 31.5 Å². The predicted octanol–water partition coefficient (Wildman–Crippen LogP) is 2.27. The van der Waals surface area contributed by atoms with Gasteiger partial charge in [-0.1, -0.05) is 17.7 Å². The second kappa shape index (κ2) is 5.69. The Morgan fingerprint density at radius 3 is 2.79 bits per heavy atom. The van der Waals surface area contributed by atoms with Crippen LogP contribution in [-0.2, 0) is 13.5 Å². The van der Waals surface area contributed by atoms with E-state index in [1.165, 1.54) is 6.07 Å². The van der Waals surface area contributed by atoms with E-state index in [-0.39, 0.29) is 11.9 Å². The van der Waals surface area contributed by atoms with Gasteiger partial charge in [0.05, 0.1) is 17.4 Å². The Bertz CT molecular complexity index is 562. The van der Waals surface area contributed by atoms with Crippen LogP contribution in [0.15, 0.2) is 24.3 Å². The van der Waals surface area contributed by atoms with Crippen LogP contribution in [0.25, 0.3) is 0 Å². The standard InChI is InChI=1S/C13H16ClFN4/c1-8-6-13(19(2)18-8)12(17-16)7-9-10(14)4-3-5-11(9)15/h3-6,12,17H,7,16H2,1-2H3. The maximum absolute atomic E-state index is 13.8. The molecule has 0 aliphatic heterocycles. The summed E-state index contributed by atoms with van der Waals surface area (Å²) in [5.74, 6) is 5.25. The van der Waals surface area contributed by atoms with E-state index >= 15 is 0 Å². The van der Waals surface area contributed by atoms with Gasteiger partial charge in [0.25, 0.3) is 0 Å². The molecule has 0 aliphatic rings. The van der Waals surface area contributed by atoms with Crippen molar-refractivity contribution in [3.63, 3.8) is 0 Å². The number of hydrazine groups is 1. The highest BCUT2D eigenvalue weighted by Crippen LogP contribution is 2.25. The molecular formula is C13H16ClFN4. The van der Waals surface area contributed by atoms with Gasteiger partial charge in [0.1, 0.15) is 5.82 Å². The lowest BCUT2D eigenvalue weighted by Crippen LogP contribution is -2.31. The van der Waals surface area contributed by atoms with Crippen LogP contribution < -0.4 is 11.3 Å². The molecule has 1 aromatic carbocycles. The molecule has 3 N–H and O–H groups in total. The number of nitrogens with zero attached hydrogens (tertiary/aromatic N) is 2. The van der Waals surface area contributed by atoms with Crippen LogP contribution >= 0.6 is 11.6 Å². The van der Waals surface area contributed by atoms with Crippen molar-refractivity contribution in [2.75, 3.05) is 0 Å². The highest BCUT2D eigenvalue weighted by atomic mass is 35.5. The highest BCUT2D eigenvalue weighted by Gasteiger charge is 2.18. The van der Waals surface area contributed by atoms with Crippen LogP contribution in [-0.4, -0.2) is 9.78 Å². The zero-order valence-corrected chi connectivity index (χ0v) is 11.6. The van der Waals surface area contributed by atoms with Gasteiger partial charge in [0.15, 0.2) is 0 Å². The molecule has 2 rings (SSSR count). The van der Waals surface area contributed by atoms with Crippen LogP contribution in [0, 0.1) is 12.7 Å². The summed E-state index contributed by atoms with van der Waals surface area (Å²) in [6.45, 7) is 1.90. The Labute approximate surface area is 116 Å². The normalized spacial score (nSPS) is 12.7. The van der Waals surface area contributed by atoms with E-state index in [4.69, 9.17) is 17.4 Å². The van der Waals surface area contributed by atoms with Gasteiger partial charge in [0, 0.05) is 17.6 Å². The number of aryl methyl sites for hydroxylation is 2. The first kappa shape index (κ1) is 14.0. The lowest BCUT2D eigenvalue weighted by molar-refractivity contribution is 0.495. The van der Waals surface area contributed by atoms with Gasteiger partial charge in [-0.3, -0.25) is 16.0 Å². The molecule has 1 heterocycles. The first-order chi connectivity index (χ1) is 9.02. The molecule has 0 saturated carbocycles. The van der Waals surface area contributed by atoms with Crippen molar-refractivity contribution in [1.29, 1.82) is 0 Å². The quantitative estimate of drug-likeness (QED) is 0.668. The lowest BCUT2D eigenvalue weighted by atomic mass is 10.0. The van der Waals surface area contributed by atoms with Crippen molar-refractivity contribution >= 4 is 11.6 Å². The Morgan fingerprint density at radius 1 is 1.53 bits per heavy atom. The van der Waals surface area contributed by atoms with Crippen LogP contribution in [0.3, 0.4) is 0 Å². The van der Waals surface area contributed by atoms with Crippen molar-refractivity contribution < 1.29 is 4.39 Å². The summed E-state index contributed by atoms with van der Waals surface area (Å²) in [4.78, 5) is 0. The summed E-state index contributed by atoms with van der Waals surface area (Å²) < 4.78 is 15.5. The minimum absolute atomic E-state index is 0.249. The topological polar surface area (TPSA) is 55.9 Å². The van der Waals surface area contributed by atoms with Crippen molar-refractivity contribution in [3.05, 3.63) is 52.1 Å². The Balaban J connectivity index is 2.32. The van der Waals surface area contributed by atoms with Crippen LogP contribution in [0.1, 0.15) is 23.0 Å². The predicted molar refractivity (Wildman–Crippen MR) is 73.1 cm³/mol. The lowest BCUT2D eigenvalue weighted by Gasteiger charge is -2.17. The molecule has 0 radical (unpaired) electrons. The van der Waals surface area contributed by atoms with E-state index in [9.17, 15) is 4.39 Å². The summed E-state index contributed by atoms with van der Waals surface area (Å²) >= 11 is 6.03. The molecular weight excluding hydrogens is 267 g/mol. The number of nitrogens with two attached hydrogens (primary N) is 1. The van der Waals surface area contributed by atoms with Crippen molar-refractivity contribution in [2.45, 2.75) is 19.4 Å². The maximum Gasteiger partial charge on any atom is 0.127 e. The molecule has 0 saturated heterocycles. The van der Waals surface area contributed by atoms with Crippen molar-refractivity contribution in [2.24, 2.45) is 12.9 Å². The molecule has 0 fully saturated rings. The van der Waals surface area contributed by atoms with Gasteiger partial charge in [-0.25, -0.2) is 4.39 Å². The average Bonchev–Trinajstić information content (AvgIpc) is 2.68. The van der Waals surface area contributed by atoms with E-state index in [0.717, 1.165) is 11.4 Å². The zero-order valence-electron chi connectivity index (χ0n) is 10.8. The third-order valence-electron chi connectivity index (χ3n) is 3.07. The molecule has 0 spiro atoms. The van der Waals surface area contributed by atoms with E-state index in [1.54, 1.807) is 16.8 Å². The molecule has 2 aromatic rings. The maximum atomic E-state index is 13.8. The molecule has 1 aromatic heterocycles. The molecule has 6 heteroatoms. The minimum atomic E-state index is -0.327.